The van der Waals surface area contributed by atoms with Gasteiger partial charge in [0.25, 0.3) is 5.91 Å². The van der Waals surface area contributed by atoms with Crippen molar-refractivity contribution < 1.29 is 18.0 Å². The Morgan fingerprint density at radius 1 is 1.15 bits per heavy atom. The average Bonchev–Trinajstić information content (AvgIpc) is 3.18. The molecule has 10 heteroatoms. The monoisotopic (exact) mass is 461 g/mol. The molecule has 1 fully saturated rings. The number of halogens is 3. The fraction of sp³-hybridized carbons (Fsp3) is 0.478. The lowest BCUT2D eigenvalue weighted by Crippen LogP contribution is -2.29. The largest absolute Gasteiger partial charge is 0.391 e. The second-order valence-electron chi connectivity index (χ2n) is 9.65. The SMILES string of the molecule is CC(C)(C)c1cc(-c2cc(=O)c3c(C(N)=O)nccc3[nH]2)n(C2CCC(C(F)(F)F)CC2)n1. The number of pyridine rings is 2. The number of nitrogens with one attached hydrogen (secondary N) is 1. The van der Waals surface area contributed by atoms with Crippen molar-refractivity contribution in [3.8, 4) is 11.4 Å². The van der Waals surface area contributed by atoms with Gasteiger partial charge in [0.05, 0.1) is 39.9 Å². The molecule has 33 heavy (non-hydrogen) atoms. The van der Waals surface area contributed by atoms with Crippen LogP contribution in [0, 0.1) is 5.92 Å². The zero-order valence-corrected chi connectivity index (χ0v) is 18.7. The first kappa shape index (κ1) is 23.0. The van der Waals surface area contributed by atoms with E-state index in [-0.39, 0.29) is 35.4 Å². The first-order valence-corrected chi connectivity index (χ1v) is 10.8. The fourth-order valence-electron chi connectivity index (χ4n) is 4.41. The van der Waals surface area contributed by atoms with E-state index in [1.165, 1.54) is 12.3 Å². The van der Waals surface area contributed by atoms with Gasteiger partial charge >= 0.3 is 6.18 Å². The molecule has 3 N–H and O–H groups in total. The minimum absolute atomic E-state index is 0.0419. The first-order chi connectivity index (χ1) is 15.4. The van der Waals surface area contributed by atoms with Crippen molar-refractivity contribution in [3.63, 3.8) is 0 Å². The molecule has 0 saturated heterocycles. The van der Waals surface area contributed by atoms with Gasteiger partial charge in [0.2, 0.25) is 0 Å². The number of nitrogens with zero attached hydrogens (tertiary/aromatic N) is 3. The molecule has 3 aromatic heterocycles. The fourth-order valence-corrected chi connectivity index (χ4v) is 4.41. The minimum Gasteiger partial charge on any atom is -0.364 e. The topological polar surface area (TPSA) is 107 Å². The molecule has 1 aliphatic carbocycles. The first-order valence-electron chi connectivity index (χ1n) is 10.8. The average molecular weight is 461 g/mol. The van der Waals surface area contributed by atoms with Crippen molar-refractivity contribution in [2.45, 2.75) is 64.1 Å². The Labute approximate surface area is 188 Å². The number of aromatic amines is 1. The number of nitrogens with two attached hydrogens (primary N) is 1. The Morgan fingerprint density at radius 3 is 2.39 bits per heavy atom. The van der Waals surface area contributed by atoms with Crippen molar-refractivity contribution >= 4 is 16.8 Å². The van der Waals surface area contributed by atoms with Crippen molar-refractivity contribution in [3.05, 3.63) is 46.0 Å². The number of hydrogen-bond donors (Lipinski definition) is 2. The molecule has 4 rings (SSSR count). The zero-order valence-electron chi connectivity index (χ0n) is 18.7. The normalized spacial score (nSPS) is 19.7. The van der Waals surface area contributed by atoms with E-state index < -0.39 is 23.4 Å². The maximum atomic E-state index is 13.2. The predicted octanol–water partition coefficient (Wildman–Crippen LogP) is 4.48. The molecule has 1 saturated carbocycles. The summed E-state index contributed by atoms with van der Waals surface area (Å²) in [5.41, 5.74) is 6.77. The molecular formula is C23H26F3N5O2. The van der Waals surface area contributed by atoms with Gasteiger partial charge in [-0.15, -0.1) is 0 Å². The zero-order chi connectivity index (χ0) is 24.1. The Bertz CT molecular complexity index is 1260. The molecule has 176 valence electrons. The quantitative estimate of drug-likeness (QED) is 0.600. The number of rotatable bonds is 3. The standard InChI is InChI=1S/C23H26F3N5O2/c1-22(2,3)18-11-16(31(30-18)13-6-4-12(5-7-13)23(24,25)26)15-10-17(32)19-14(29-15)8-9-28-20(19)21(27)33/h8-13H,4-7H2,1-3H3,(H2,27,33)(H,29,32). The molecular weight excluding hydrogens is 435 g/mol. The van der Waals surface area contributed by atoms with Crippen LogP contribution in [0.1, 0.15) is 68.7 Å². The van der Waals surface area contributed by atoms with E-state index in [1.54, 1.807) is 10.7 Å². The molecule has 3 aromatic rings. The summed E-state index contributed by atoms with van der Waals surface area (Å²) in [6.07, 6.45) is -2.03. The van der Waals surface area contributed by atoms with Gasteiger partial charge in [0.1, 0.15) is 5.69 Å². The van der Waals surface area contributed by atoms with Gasteiger partial charge in [-0.25, -0.2) is 0 Å². The Kier molecular flexibility index (Phi) is 5.58. The smallest absolute Gasteiger partial charge is 0.364 e. The maximum absolute atomic E-state index is 13.2. The van der Waals surface area contributed by atoms with Crippen LogP contribution in [0.25, 0.3) is 22.3 Å². The van der Waals surface area contributed by atoms with E-state index in [9.17, 15) is 22.8 Å². The third-order valence-corrected chi connectivity index (χ3v) is 6.26. The molecule has 0 aliphatic heterocycles. The number of alkyl halides is 3. The highest BCUT2D eigenvalue weighted by atomic mass is 19.4. The van der Waals surface area contributed by atoms with Crippen LogP contribution in [0.4, 0.5) is 13.2 Å². The van der Waals surface area contributed by atoms with Crippen LogP contribution in [-0.4, -0.2) is 31.8 Å². The van der Waals surface area contributed by atoms with Gasteiger partial charge in [-0.1, -0.05) is 20.8 Å². The molecule has 3 heterocycles. The Morgan fingerprint density at radius 2 is 1.82 bits per heavy atom. The summed E-state index contributed by atoms with van der Waals surface area (Å²) in [5.74, 6) is -2.10. The van der Waals surface area contributed by atoms with Crippen molar-refractivity contribution in [1.82, 2.24) is 19.7 Å². The highest BCUT2D eigenvalue weighted by Crippen LogP contribution is 2.42. The van der Waals surface area contributed by atoms with Gasteiger partial charge in [0.15, 0.2) is 5.43 Å². The second-order valence-corrected chi connectivity index (χ2v) is 9.65. The third kappa shape index (κ3) is 4.38. The van der Waals surface area contributed by atoms with Crippen LogP contribution < -0.4 is 11.2 Å². The summed E-state index contributed by atoms with van der Waals surface area (Å²) < 4.78 is 41.2. The number of H-pyrrole nitrogens is 1. The lowest BCUT2D eigenvalue weighted by atomic mass is 9.85. The molecule has 0 spiro atoms. The predicted molar refractivity (Wildman–Crippen MR) is 118 cm³/mol. The van der Waals surface area contributed by atoms with Gasteiger partial charge in [-0.05, 0) is 37.8 Å². The number of carbonyl (C=O) groups excluding carboxylic acids is 1. The van der Waals surface area contributed by atoms with Crippen LogP contribution in [0.2, 0.25) is 0 Å². The van der Waals surface area contributed by atoms with Crippen LogP contribution in [0.15, 0.2) is 29.2 Å². The minimum atomic E-state index is -4.19. The summed E-state index contributed by atoms with van der Waals surface area (Å²) in [6.45, 7) is 5.99. The molecule has 0 unspecified atom stereocenters. The second kappa shape index (κ2) is 8.00. The van der Waals surface area contributed by atoms with E-state index in [4.69, 9.17) is 10.8 Å². The van der Waals surface area contributed by atoms with E-state index in [2.05, 4.69) is 9.97 Å². The maximum Gasteiger partial charge on any atom is 0.391 e. The summed E-state index contributed by atoms with van der Waals surface area (Å²) in [5, 5.41) is 4.85. The highest BCUT2D eigenvalue weighted by molar-refractivity contribution is 6.03. The molecule has 1 amide bonds. The Balaban J connectivity index is 1.81. The number of amides is 1. The van der Waals surface area contributed by atoms with E-state index in [0.29, 0.717) is 29.7 Å². The van der Waals surface area contributed by atoms with Gasteiger partial charge in [-0.2, -0.15) is 18.3 Å². The van der Waals surface area contributed by atoms with E-state index in [0.717, 1.165) is 5.69 Å². The van der Waals surface area contributed by atoms with Crippen molar-refractivity contribution in [1.29, 1.82) is 0 Å². The summed E-state index contributed by atoms with van der Waals surface area (Å²) in [7, 11) is 0. The summed E-state index contributed by atoms with van der Waals surface area (Å²) in [4.78, 5) is 31.7. The lowest BCUT2D eigenvalue weighted by Gasteiger charge is -2.31. The number of hydrogen-bond acceptors (Lipinski definition) is 4. The molecule has 0 atom stereocenters. The van der Waals surface area contributed by atoms with Crippen LogP contribution in [0.3, 0.4) is 0 Å². The van der Waals surface area contributed by atoms with Crippen LogP contribution >= 0.6 is 0 Å². The highest BCUT2D eigenvalue weighted by Gasteiger charge is 2.42. The van der Waals surface area contributed by atoms with Crippen LogP contribution in [-0.2, 0) is 5.41 Å². The summed E-state index contributed by atoms with van der Waals surface area (Å²) in [6, 6.07) is 4.58. The number of aromatic nitrogens is 4. The number of carbonyl (C=O) groups is 1. The van der Waals surface area contributed by atoms with Crippen LogP contribution in [0.5, 0.6) is 0 Å². The lowest BCUT2D eigenvalue weighted by molar-refractivity contribution is -0.183. The Hall–Kier alpha value is -3.17. The molecule has 7 nitrogen and oxygen atoms in total. The number of fused-ring (bicyclic) bond motifs is 1. The van der Waals surface area contributed by atoms with E-state index >= 15 is 0 Å². The van der Waals surface area contributed by atoms with Gasteiger partial charge in [0, 0.05) is 17.7 Å². The third-order valence-electron chi connectivity index (χ3n) is 6.26. The van der Waals surface area contributed by atoms with Gasteiger partial charge < -0.3 is 10.7 Å². The summed E-state index contributed by atoms with van der Waals surface area (Å²) >= 11 is 0. The molecule has 0 aromatic carbocycles. The van der Waals surface area contributed by atoms with E-state index in [1.807, 2.05) is 26.8 Å². The molecule has 1 aliphatic rings. The van der Waals surface area contributed by atoms with Crippen molar-refractivity contribution in [2.24, 2.45) is 11.7 Å². The molecule has 0 bridgehead atoms. The number of primary amides is 1. The molecule has 0 radical (unpaired) electrons. The van der Waals surface area contributed by atoms with Crippen molar-refractivity contribution in [2.75, 3.05) is 0 Å². The van der Waals surface area contributed by atoms with Gasteiger partial charge in [-0.3, -0.25) is 19.3 Å².